The highest BCUT2D eigenvalue weighted by Gasteiger charge is 2.14. The van der Waals surface area contributed by atoms with E-state index in [1.165, 1.54) is 18.3 Å². The molecule has 0 aliphatic heterocycles. The van der Waals surface area contributed by atoms with Gasteiger partial charge in [-0.05, 0) is 37.1 Å². The van der Waals surface area contributed by atoms with Crippen LogP contribution in [0.2, 0.25) is 0 Å². The number of amides is 1. The Hall–Kier alpha value is -3.37. The van der Waals surface area contributed by atoms with E-state index in [1.54, 1.807) is 0 Å². The molecule has 3 rings (SSSR count). The van der Waals surface area contributed by atoms with Gasteiger partial charge in [0.15, 0.2) is 0 Å². The van der Waals surface area contributed by atoms with Crippen LogP contribution in [0.25, 0.3) is 15.8 Å². The van der Waals surface area contributed by atoms with Crippen LogP contribution >= 0.6 is 11.3 Å². The third-order valence-electron chi connectivity index (χ3n) is 4.03. The standard InChI is InChI=1S/C21H21N5OS/c1-15(27)23-13-7-11-18(26-25-16-8-3-2-4-9-16)17(14-22)21-24-19-10-5-6-12-20(19)28-21/h2-6,8-10,12,25-26H,7,11,13H2,1H3,(H,23,27). The molecular weight excluding hydrogens is 370 g/mol. The first-order chi connectivity index (χ1) is 13.7. The zero-order chi connectivity index (χ0) is 19.8. The van der Waals surface area contributed by atoms with E-state index in [9.17, 15) is 10.1 Å². The summed E-state index contributed by atoms with van der Waals surface area (Å²) in [6.07, 6.45) is 1.30. The van der Waals surface area contributed by atoms with Crippen molar-refractivity contribution in [1.82, 2.24) is 15.7 Å². The summed E-state index contributed by atoms with van der Waals surface area (Å²) < 4.78 is 1.04. The highest BCUT2D eigenvalue weighted by molar-refractivity contribution is 7.19. The molecule has 0 atom stereocenters. The number of aromatic nitrogens is 1. The topological polar surface area (TPSA) is 89.8 Å². The molecular formula is C21H21N5OS. The number of fused-ring (bicyclic) bond motifs is 1. The fraction of sp³-hybridized carbons (Fsp3) is 0.190. The number of allylic oxidation sites excluding steroid dienone is 2. The van der Waals surface area contributed by atoms with Crippen LogP contribution in [0.1, 0.15) is 24.8 Å². The number of anilines is 1. The van der Waals surface area contributed by atoms with E-state index in [0.29, 0.717) is 30.0 Å². The summed E-state index contributed by atoms with van der Waals surface area (Å²) in [6.45, 7) is 2.04. The number of nitrogens with one attached hydrogen (secondary N) is 3. The van der Waals surface area contributed by atoms with E-state index in [0.717, 1.165) is 21.6 Å². The SMILES string of the molecule is CC(=O)NCCCC(NNc1ccccc1)=C(C#N)c1nc2ccccc2s1. The van der Waals surface area contributed by atoms with Gasteiger partial charge in [-0.15, -0.1) is 11.3 Å². The van der Waals surface area contributed by atoms with Crippen LogP contribution in [-0.4, -0.2) is 17.4 Å². The molecule has 0 spiro atoms. The van der Waals surface area contributed by atoms with E-state index in [2.05, 4.69) is 27.2 Å². The zero-order valence-corrected chi connectivity index (χ0v) is 16.3. The number of para-hydroxylation sites is 2. The first kappa shape index (κ1) is 19.4. The van der Waals surface area contributed by atoms with Crippen LogP contribution in [0.5, 0.6) is 0 Å². The fourth-order valence-electron chi connectivity index (χ4n) is 2.67. The third kappa shape index (κ3) is 5.09. The Bertz CT molecular complexity index is 987. The monoisotopic (exact) mass is 391 g/mol. The molecule has 142 valence electrons. The van der Waals surface area contributed by atoms with Gasteiger partial charge in [-0.25, -0.2) is 4.98 Å². The minimum Gasteiger partial charge on any atom is -0.356 e. The number of rotatable bonds is 8. The third-order valence-corrected chi connectivity index (χ3v) is 5.08. The first-order valence-corrected chi connectivity index (χ1v) is 9.79. The molecule has 0 radical (unpaired) electrons. The van der Waals surface area contributed by atoms with Crippen molar-refractivity contribution < 1.29 is 4.79 Å². The summed E-state index contributed by atoms with van der Waals surface area (Å²) in [6, 6.07) is 19.8. The summed E-state index contributed by atoms with van der Waals surface area (Å²) in [5.41, 5.74) is 9.35. The average molecular weight is 392 g/mol. The van der Waals surface area contributed by atoms with E-state index >= 15 is 0 Å². The second-order valence-corrected chi connectivity index (χ2v) is 7.19. The summed E-state index contributed by atoms with van der Waals surface area (Å²) in [5, 5.41) is 13.3. The van der Waals surface area contributed by atoms with Gasteiger partial charge in [0, 0.05) is 13.5 Å². The molecule has 1 heterocycles. The molecule has 0 saturated carbocycles. The van der Waals surface area contributed by atoms with E-state index in [1.807, 2.05) is 54.6 Å². The number of hydrogen-bond donors (Lipinski definition) is 3. The molecule has 1 amide bonds. The number of carbonyl (C=O) groups is 1. The van der Waals surface area contributed by atoms with Gasteiger partial charge >= 0.3 is 0 Å². The van der Waals surface area contributed by atoms with Crippen molar-refractivity contribution in [3.63, 3.8) is 0 Å². The predicted octanol–water partition coefficient (Wildman–Crippen LogP) is 4.06. The van der Waals surface area contributed by atoms with Gasteiger partial charge in [0.25, 0.3) is 0 Å². The number of carbonyl (C=O) groups excluding carboxylic acids is 1. The number of nitriles is 1. The quantitative estimate of drug-likeness (QED) is 0.306. The number of nitrogens with zero attached hydrogens (tertiary/aromatic N) is 2. The molecule has 0 aliphatic carbocycles. The van der Waals surface area contributed by atoms with Crippen LogP contribution in [0, 0.1) is 11.3 Å². The number of hydrogen-bond acceptors (Lipinski definition) is 6. The molecule has 0 bridgehead atoms. The molecule has 0 saturated heterocycles. The average Bonchev–Trinajstić information content (AvgIpc) is 3.13. The fourth-order valence-corrected chi connectivity index (χ4v) is 3.66. The van der Waals surface area contributed by atoms with Crippen molar-refractivity contribution in [2.24, 2.45) is 0 Å². The molecule has 3 N–H and O–H groups in total. The Morgan fingerprint density at radius 2 is 1.89 bits per heavy atom. The largest absolute Gasteiger partial charge is 0.356 e. The lowest BCUT2D eigenvalue weighted by Gasteiger charge is -2.15. The maximum absolute atomic E-state index is 11.1. The minimum absolute atomic E-state index is 0.0624. The van der Waals surface area contributed by atoms with Gasteiger partial charge in [0.05, 0.1) is 21.6 Å². The molecule has 0 unspecified atom stereocenters. The Morgan fingerprint density at radius 1 is 1.14 bits per heavy atom. The molecule has 7 heteroatoms. The molecule has 3 aromatic rings. The molecule has 0 aliphatic rings. The van der Waals surface area contributed by atoms with Crippen LogP contribution in [0.4, 0.5) is 5.69 Å². The van der Waals surface area contributed by atoms with Gasteiger partial charge in [-0.2, -0.15) is 5.26 Å². The molecule has 0 fully saturated rings. The molecule has 1 aromatic heterocycles. The summed E-state index contributed by atoms with van der Waals surface area (Å²) >= 11 is 1.50. The smallest absolute Gasteiger partial charge is 0.216 e. The van der Waals surface area contributed by atoms with Crippen molar-refractivity contribution >= 4 is 38.7 Å². The Balaban J connectivity index is 1.86. The summed E-state index contributed by atoms with van der Waals surface area (Å²) in [5.74, 6) is -0.0624. The summed E-state index contributed by atoms with van der Waals surface area (Å²) in [4.78, 5) is 15.7. The Kier molecular flexibility index (Phi) is 6.60. The maximum atomic E-state index is 11.1. The second-order valence-electron chi connectivity index (χ2n) is 6.15. The van der Waals surface area contributed by atoms with Crippen molar-refractivity contribution in [3.8, 4) is 6.07 Å². The minimum atomic E-state index is -0.0624. The van der Waals surface area contributed by atoms with Crippen LogP contribution in [0.3, 0.4) is 0 Å². The normalized spacial score (nSPS) is 11.4. The maximum Gasteiger partial charge on any atom is 0.216 e. The Labute approximate surface area is 167 Å². The number of hydrazine groups is 1. The van der Waals surface area contributed by atoms with Gasteiger partial charge in [-0.1, -0.05) is 30.3 Å². The van der Waals surface area contributed by atoms with Gasteiger partial charge in [0.1, 0.15) is 16.6 Å². The highest BCUT2D eigenvalue weighted by atomic mass is 32.1. The second kappa shape index (κ2) is 9.53. The Morgan fingerprint density at radius 3 is 2.61 bits per heavy atom. The van der Waals surface area contributed by atoms with Gasteiger partial charge in [0.2, 0.25) is 5.91 Å². The van der Waals surface area contributed by atoms with Crippen molar-refractivity contribution in [3.05, 3.63) is 65.3 Å². The van der Waals surface area contributed by atoms with E-state index in [4.69, 9.17) is 0 Å². The lowest BCUT2D eigenvalue weighted by atomic mass is 10.1. The van der Waals surface area contributed by atoms with Gasteiger partial charge < -0.3 is 16.2 Å². The zero-order valence-electron chi connectivity index (χ0n) is 15.5. The van der Waals surface area contributed by atoms with Crippen molar-refractivity contribution in [2.45, 2.75) is 19.8 Å². The van der Waals surface area contributed by atoms with Crippen molar-refractivity contribution in [2.75, 3.05) is 12.0 Å². The van der Waals surface area contributed by atoms with E-state index in [-0.39, 0.29) is 5.91 Å². The number of benzene rings is 2. The summed E-state index contributed by atoms with van der Waals surface area (Å²) in [7, 11) is 0. The van der Waals surface area contributed by atoms with Gasteiger partial charge in [-0.3, -0.25) is 4.79 Å². The highest BCUT2D eigenvalue weighted by Crippen LogP contribution is 2.29. The molecule has 6 nitrogen and oxygen atoms in total. The predicted molar refractivity (Wildman–Crippen MR) is 113 cm³/mol. The number of thiazole rings is 1. The van der Waals surface area contributed by atoms with Crippen molar-refractivity contribution in [1.29, 1.82) is 5.26 Å². The first-order valence-electron chi connectivity index (χ1n) is 8.98. The van der Waals surface area contributed by atoms with Crippen LogP contribution in [-0.2, 0) is 4.79 Å². The van der Waals surface area contributed by atoms with Crippen LogP contribution in [0.15, 0.2) is 60.3 Å². The molecule has 28 heavy (non-hydrogen) atoms. The lowest BCUT2D eigenvalue weighted by molar-refractivity contribution is -0.118. The van der Waals surface area contributed by atoms with E-state index < -0.39 is 0 Å². The molecule has 2 aromatic carbocycles. The lowest BCUT2D eigenvalue weighted by Crippen LogP contribution is -2.25. The van der Waals surface area contributed by atoms with Crippen LogP contribution < -0.4 is 16.2 Å².